The Labute approximate surface area is 253 Å². The topological polar surface area (TPSA) is 189 Å². The van der Waals surface area contributed by atoms with Crippen molar-refractivity contribution >= 4 is 18.0 Å². The van der Waals surface area contributed by atoms with E-state index in [9.17, 15) is 29.6 Å². The molecular weight excluding hydrogens is 576 g/mol. The molecule has 1 atom stereocenters. The van der Waals surface area contributed by atoms with Crippen LogP contribution < -0.4 is 0 Å². The lowest BCUT2D eigenvalue weighted by Gasteiger charge is -2.32. The number of carbonyl (C=O) groups excluding carboxylic acids is 2. The highest BCUT2D eigenvalue weighted by atomic mass is 16.9. The zero-order valence-electron chi connectivity index (χ0n) is 24.8. The second-order valence-electron chi connectivity index (χ2n) is 10.2. The van der Waals surface area contributed by atoms with Gasteiger partial charge in [-0.2, -0.15) is 0 Å². The fourth-order valence-electron chi connectivity index (χ4n) is 4.42. The van der Waals surface area contributed by atoms with Gasteiger partial charge in [0.25, 0.3) is 5.09 Å². The molecule has 0 aliphatic carbocycles. The number of amides is 1. The fourth-order valence-corrected chi connectivity index (χ4v) is 4.42. The van der Waals surface area contributed by atoms with Gasteiger partial charge in [0.2, 0.25) is 18.5 Å². The van der Waals surface area contributed by atoms with E-state index in [2.05, 4.69) is 20.2 Å². The predicted octanol–water partition coefficient (Wildman–Crippen LogP) is 4.34. The van der Waals surface area contributed by atoms with E-state index in [4.69, 9.17) is 9.47 Å². The highest BCUT2D eigenvalue weighted by Crippen LogP contribution is 2.30. The minimum absolute atomic E-state index is 0.121. The SMILES string of the molecule is CCCCC(=O)N(Cc1ccc(-c2ccccc2-c2nnn(COC(=O)OCCCO[N+](=O)[O-])n2)cc1)[C@@H](C(=O)O)C(C)C. The molecule has 3 rings (SSSR count). The Morgan fingerprint density at radius 1 is 1.02 bits per heavy atom. The number of carboxylic acid groups (broad SMARTS) is 1. The number of benzene rings is 2. The molecular formula is C29H36N6O9. The molecule has 1 aromatic heterocycles. The smallest absolute Gasteiger partial charge is 0.480 e. The summed E-state index contributed by atoms with van der Waals surface area (Å²) in [4.78, 5) is 53.6. The van der Waals surface area contributed by atoms with Crippen molar-refractivity contribution in [3.8, 4) is 22.5 Å². The van der Waals surface area contributed by atoms with Gasteiger partial charge in [-0.05, 0) is 34.2 Å². The van der Waals surface area contributed by atoms with Gasteiger partial charge in [0.05, 0.1) is 13.2 Å². The average Bonchev–Trinajstić information content (AvgIpc) is 3.47. The van der Waals surface area contributed by atoms with Crippen LogP contribution in [0, 0.1) is 16.0 Å². The van der Waals surface area contributed by atoms with Gasteiger partial charge in [0.15, 0.2) is 0 Å². The largest absolute Gasteiger partial charge is 0.510 e. The Hall–Kier alpha value is -5.08. The maximum Gasteiger partial charge on any atom is 0.510 e. The van der Waals surface area contributed by atoms with Crippen molar-refractivity contribution in [1.82, 2.24) is 25.1 Å². The number of aliphatic carboxylic acids is 1. The number of hydrogen-bond donors (Lipinski definition) is 1. The molecule has 1 N–H and O–H groups in total. The molecule has 15 nitrogen and oxygen atoms in total. The number of carboxylic acids is 1. The maximum absolute atomic E-state index is 13.0. The van der Waals surface area contributed by atoms with Crippen LogP contribution in [0.5, 0.6) is 0 Å². The van der Waals surface area contributed by atoms with Crippen LogP contribution in [0.4, 0.5) is 4.79 Å². The van der Waals surface area contributed by atoms with Crippen molar-refractivity contribution in [1.29, 1.82) is 0 Å². The summed E-state index contributed by atoms with van der Waals surface area (Å²) in [5.41, 5.74) is 3.10. The average molecular weight is 613 g/mol. The summed E-state index contributed by atoms with van der Waals surface area (Å²) in [6.07, 6.45) is 0.934. The second-order valence-corrected chi connectivity index (χ2v) is 10.2. The number of carbonyl (C=O) groups is 3. The van der Waals surface area contributed by atoms with Crippen LogP contribution in [-0.4, -0.2) is 72.6 Å². The third-order valence-electron chi connectivity index (χ3n) is 6.53. The first-order chi connectivity index (χ1) is 21.1. The maximum atomic E-state index is 13.0. The van der Waals surface area contributed by atoms with E-state index in [1.54, 1.807) is 13.8 Å². The van der Waals surface area contributed by atoms with Gasteiger partial charge in [-0.3, -0.25) is 4.79 Å². The van der Waals surface area contributed by atoms with Gasteiger partial charge in [-0.1, -0.05) is 75.7 Å². The highest BCUT2D eigenvalue weighted by molar-refractivity contribution is 5.84. The molecule has 15 heteroatoms. The molecule has 1 heterocycles. The lowest BCUT2D eigenvalue weighted by atomic mass is 9.97. The molecule has 1 amide bonds. The number of hydrogen-bond acceptors (Lipinski definition) is 11. The molecule has 0 bridgehead atoms. The van der Waals surface area contributed by atoms with Crippen LogP contribution in [0.25, 0.3) is 22.5 Å². The number of unbranched alkanes of at least 4 members (excludes halogenated alkanes) is 1. The van der Waals surface area contributed by atoms with E-state index < -0.39 is 23.3 Å². The molecule has 0 spiro atoms. The van der Waals surface area contributed by atoms with Gasteiger partial charge in [0.1, 0.15) is 6.04 Å². The summed E-state index contributed by atoms with van der Waals surface area (Å²) >= 11 is 0. The molecule has 0 saturated heterocycles. The number of tetrazole rings is 1. The van der Waals surface area contributed by atoms with Gasteiger partial charge >= 0.3 is 12.1 Å². The number of aromatic nitrogens is 4. The first-order valence-corrected chi connectivity index (χ1v) is 14.2. The normalized spacial score (nSPS) is 11.5. The van der Waals surface area contributed by atoms with Crippen molar-refractivity contribution in [2.75, 3.05) is 13.2 Å². The van der Waals surface area contributed by atoms with Gasteiger partial charge < -0.3 is 24.3 Å². The summed E-state index contributed by atoms with van der Waals surface area (Å²) in [6, 6.07) is 13.9. The van der Waals surface area contributed by atoms with E-state index >= 15 is 0 Å². The quantitative estimate of drug-likeness (QED) is 0.0983. The molecule has 44 heavy (non-hydrogen) atoms. The molecule has 2 aromatic carbocycles. The molecule has 236 valence electrons. The summed E-state index contributed by atoms with van der Waals surface area (Å²) in [5.74, 6) is -1.19. The first kappa shape index (κ1) is 33.4. The Morgan fingerprint density at radius 2 is 1.73 bits per heavy atom. The van der Waals surface area contributed by atoms with Crippen LogP contribution in [-0.2, 0) is 37.2 Å². The Bertz CT molecular complexity index is 1410. The zero-order chi connectivity index (χ0) is 32.1. The van der Waals surface area contributed by atoms with Gasteiger partial charge in [-0.25, -0.2) is 9.59 Å². The lowest BCUT2D eigenvalue weighted by Crippen LogP contribution is -2.47. The lowest BCUT2D eigenvalue weighted by molar-refractivity contribution is -0.757. The standard InChI is InChI=1S/C29H36N6O9/c1-4-5-11-25(36)33(26(20(2)3)28(37)38)18-21-12-14-22(15-13-21)23-9-6-7-10-24(23)27-30-32-34(31-27)19-43-29(39)42-16-8-17-44-35(40)41/h6-7,9-10,12-15,20,26H,4-5,8,11,16-19H2,1-3H3,(H,37,38)/t26-/m1/s1. The molecule has 0 fully saturated rings. The zero-order valence-corrected chi connectivity index (χ0v) is 24.8. The summed E-state index contributed by atoms with van der Waals surface area (Å²) in [6.45, 7) is 5.04. The Balaban J connectivity index is 1.69. The van der Waals surface area contributed by atoms with Crippen LogP contribution in [0.15, 0.2) is 48.5 Å². The summed E-state index contributed by atoms with van der Waals surface area (Å²) in [7, 11) is 0. The first-order valence-electron chi connectivity index (χ1n) is 14.2. The number of ether oxygens (including phenoxy) is 2. The third kappa shape index (κ3) is 9.74. The predicted molar refractivity (Wildman–Crippen MR) is 155 cm³/mol. The van der Waals surface area contributed by atoms with Crippen LogP contribution in [0.2, 0.25) is 0 Å². The summed E-state index contributed by atoms with van der Waals surface area (Å²) < 4.78 is 9.76. The van der Waals surface area contributed by atoms with Gasteiger partial charge in [-0.15, -0.1) is 25.1 Å². The Kier molecular flexibility index (Phi) is 12.6. The van der Waals surface area contributed by atoms with E-state index in [0.29, 0.717) is 18.4 Å². The van der Waals surface area contributed by atoms with Crippen molar-refractivity contribution in [3.63, 3.8) is 0 Å². The van der Waals surface area contributed by atoms with Crippen molar-refractivity contribution in [2.45, 2.75) is 65.8 Å². The highest BCUT2D eigenvalue weighted by Gasteiger charge is 2.32. The van der Waals surface area contributed by atoms with Crippen molar-refractivity contribution < 1.29 is 38.9 Å². The molecule has 0 radical (unpaired) electrons. The fraction of sp³-hybridized carbons (Fsp3) is 0.448. The second kappa shape index (κ2) is 16.5. The van der Waals surface area contributed by atoms with Gasteiger partial charge in [0, 0.05) is 24.9 Å². The van der Waals surface area contributed by atoms with E-state index in [1.807, 2.05) is 55.5 Å². The van der Waals surface area contributed by atoms with Crippen molar-refractivity contribution in [2.24, 2.45) is 5.92 Å². The van der Waals surface area contributed by atoms with Crippen LogP contribution in [0.3, 0.4) is 0 Å². The molecule has 0 aliphatic rings. The Morgan fingerprint density at radius 3 is 2.36 bits per heavy atom. The van der Waals surface area contributed by atoms with E-state index in [1.165, 1.54) is 4.90 Å². The number of nitrogens with zero attached hydrogens (tertiary/aromatic N) is 6. The summed E-state index contributed by atoms with van der Waals surface area (Å²) in [5, 5.41) is 31.3. The van der Waals surface area contributed by atoms with Crippen molar-refractivity contribution in [3.05, 3.63) is 64.2 Å². The third-order valence-corrected chi connectivity index (χ3v) is 6.53. The van der Waals surface area contributed by atoms with E-state index in [0.717, 1.165) is 27.9 Å². The monoisotopic (exact) mass is 612 g/mol. The minimum Gasteiger partial charge on any atom is -0.480 e. The van der Waals surface area contributed by atoms with Crippen LogP contribution >= 0.6 is 0 Å². The molecule has 3 aromatic rings. The molecule has 0 aliphatic heterocycles. The number of rotatable bonds is 17. The van der Waals surface area contributed by atoms with E-state index in [-0.39, 0.29) is 50.6 Å². The van der Waals surface area contributed by atoms with Crippen LogP contribution in [0.1, 0.15) is 52.0 Å². The minimum atomic E-state index is -1.03. The molecule has 0 saturated carbocycles. The molecule has 0 unspecified atom stereocenters.